The summed E-state index contributed by atoms with van der Waals surface area (Å²) in [6.45, 7) is 7.93. The second-order valence-electron chi connectivity index (χ2n) is 5.94. The van der Waals surface area contributed by atoms with E-state index in [1.165, 1.54) is 5.56 Å². The Hall–Kier alpha value is -1.80. The summed E-state index contributed by atoms with van der Waals surface area (Å²) in [7, 11) is 0. The predicted molar refractivity (Wildman–Crippen MR) is 84.0 cm³/mol. The van der Waals surface area contributed by atoms with Crippen molar-refractivity contribution in [1.82, 2.24) is 5.32 Å². The van der Waals surface area contributed by atoms with Crippen molar-refractivity contribution in [3.8, 4) is 5.75 Å². The molecule has 0 atom stereocenters. The van der Waals surface area contributed by atoms with Crippen molar-refractivity contribution in [2.24, 2.45) is 0 Å². The van der Waals surface area contributed by atoms with Crippen LogP contribution in [0.2, 0.25) is 0 Å². The van der Waals surface area contributed by atoms with Crippen LogP contribution >= 0.6 is 0 Å². The summed E-state index contributed by atoms with van der Waals surface area (Å²) in [6, 6.07) is 16.4. The van der Waals surface area contributed by atoms with Gasteiger partial charge in [0.15, 0.2) is 0 Å². The summed E-state index contributed by atoms with van der Waals surface area (Å²) in [5.74, 6) is 0.400. The summed E-state index contributed by atoms with van der Waals surface area (Å²) in [5, 5.41) is 13.5. The topological polar surface area (TPSA) is 32.3 Å². The largest absolute Gasteiger partial charge is 0.507 e. The van der Waals surface area contributed by atoms with Gasteiger partial charge in [-0.25, -0.2) is 0 Å². The molecule has 2 nitrogen and oxygen atoms in total. The number of para-hydroxylation sites is 1. The lowest BCUT2D eigenvalue weighted by atomic mass is 9.84. The number of aromatic hydroxyl groups is 1. The van der Waals surface area contributed by atoms with Crippen LogP contribution in [0.25, 0.3) is 0 Å². The third-order valence-corrected chi connectivity index (χ3v) is 3.76. The second kappa shape index (κ2) is 6.10. The standard InChI is InChI=1S/C18H23NO/c1-14-8-7-9-15(17(14)20)12-19-13-18(2,3)16-10-5-4-6-11-16/h4-11,19-20H,12-13H2,1-3H3. The number of hydrogen-bond donors (Lipinski definition) is 2. The van der Waals surface area contributed by atoms with Crippen LogP contribution in [0.3, 0.4) is 0 Å². The summed E-state index contributed by atoms with van der Waals surface area (Å²) in [6.07, 6.45) is 0. The van der Waals surface area contributed by atoms with E-state index in [0.717, 1.165) is 17.7 Å². The Kier molecular flexibility index (Phi) is 4.46. The van der Waals surface area contributed by atoms with Crippen molar-refractivity contribution < 1.29 is 5.11 Å². The SMILES string of the molecule is Cc1cccc(CNCC(C)(C)c2ccccc2)c1O. The molecule has 0 fully saturated rings. The zero-order chi connectivity index (χ0) is 14.6. The molecule has 0 bridgehead atoms. The van der Waals surface area contributed by atoms with Gasteiger partial charge in [0.05, 0.1) is 0 Å². The maximum absolute atomic E-state index is 10.0. The monoisotopic (exact) mass is 269 g/mol. The van der Waals surface area contributed by atoms with Crippen LogP contribution in [0.4, 0.5) is 0 Å². The number of phenols is 1. The molecular weight excluding hydrogens is 246 g/mol. The van der Waals surface area contributed by atoms with Gasteiger partial charge in [-0.3, -0.25) is 0 Å². The molecule has 0 aliphatic rings. The maximum Gasteiger partial charge on any atom is 0.122 e. The summed E-state index contributed by atoms with van der Waals surface area (Å²) in [5.41, 5.74) is 3.27. The Balaban J connectivity index is 1.97. The first-order chi connectivity index (χ1) is 9.50. The molecule has 0 amide bonds. The van der Waals surface area contributed by atoms with E-state index < -0.39 is 0 Å². The molecule has 0 heterocycles. The number of nitrogens with one attached hydrogen (secondary N) is 1. The number of aryl methyl sites for hydroxylation is 1. The minimum atomic E-state index is 0.0701. The highest BCUT2D eigenvalue weighted by Crippen LogP contribution is 2.23. The van der Waals surface area contributed by atoms with Crippen LogP contribution in [0.1, 0.15) is 30.5 Å². The Morgan fingerprint density at radius 2 is 1.70 bits per heavy atom. The van der Waals surface area contributed by atoms with Gasteiger partial charge in [0.2, 0.25) is 0 Å². The van der Waals surface area contributed by atoms with E-state index in [0.29, 0.717) is 12.3 Å². The highest BCUT2D eigenvalue weighted by Gasteiger charge is 2.19. The van der Waals surface area contributed by atoms with Gasteiger partial charge in [-0.1, -0.05) is 62.4 Å². The smallest absolute Gasteiger partial charge is 0.122 e. The molecule has 0 unspecified atom stereocenters. The van der Waals surface area contributed by atoms with E-state index in [1.54, 1.807) is 0 Å². The Morgan fingerprint density at radius 1 is 1.00 bits per heavy atom. The van der Waals surface area contributed by atoms with Crippen molar-refractivity contribution in [3.05, 3.63) is 65.2 Å². The van der Waals surface area contributed by atoms with Crippen LogP contribution in [0, 0.1) is 6.92 Å². The van der Waals surface area contributed by atoms with E-state index in [4.69, 9.17) is 0 Å². The van der Waals surface area contributed by atoms with Gasteiger partial charge in [-0.05, 0) is 18.1 Å². The molecule has 0 radical (unpaired) electrons. The fourth-order valence-corrected chi connectivity index (χ4v) is 2.36. The zero-order valence-corrected chi connectivity index (χ0v) is 12.5. The molecule has 0 saturated carbocycles. The fourth-order valence-electron chi connectivity index (χ4n) is 2.36. The lowest BCUT2D eigenvalue weighted by Crippen LogP contribution is -2.32. The molecule has 0 aliphatic heterocycles. The first kappa shape index (κ1) is 14.6. The molecule has 0 saturated heterocycles. The van der Waals surface area contributed by atoms with Gasteiger partial charge in [0, 0.05) is 24.1 Å². The molecule has 20 heavy (non-hydrogen) atoms. The summed E-state index contributed by atoms with van der Waals surface area (Å²) >= 11 is 0. The van der Waals surface area contributed by atoms with Crippen LogP contribution in [0.5, 0.6) is 5.75 Å². The highest BCUT2D eigenvalue weighted by atomic mass is 16.3. The van der Waals surface area contributed by atoms with Gasteiger partial charge in [-0.15, -0.1) is 0 Å². The molecule has 2 aromatic rings. The minimum absolute atomic E-state index is 0.0701. The van der Waals surface area contributed by atoms with E-state index in [-0.39, 0.29) is 5.41 Å². The molecule has 106 valence electrons. The normalized spacial score (nSPS) is 11.6. The quantitative estimate of drug-likeness (QED) is 0.866. The van der Waals surface area contributed by atoms with Crippen molar-refractivity contribution in [3.63, 3.8) is 0 Å². The Bertz CT molecular complexity index is 561. The molecule has 2 N–H and O–H groups in total. The number of hydrogen-bond acceptors (Lipinski definition) is 2. The molecule has 0 spiro atoms. The van der Waals surface area contributed by atoms with Gasteiger partial charge < -0.3 is 10.4 Å². The van der Waals surface area contributed by atoms with Crippen LogP contribution < -0.4 is 5.32 Å². The molecular formula is C18H23NO. The summed E-state index contributed by atoms with van der Waals surface area (Å²) < 4.78 is 0. The number of rotatable bonds is 5. The Morgan fingerprint density at radius 3 is 2.40 bits per heavy atom. The van der Waals surface area contributed by atoms with Gasteiger partial charge in [0.25, 0.3) is 0 Å². The van der Waals surface area contributed by atoms with E-state index in [1.807, 2.05) is 31.2 Å². The molecule has 0 aromatic heterocycles. The van der Waals surface area contributed by atoms with Gasteiger partial charge in [0.1, 0.15) is 5.75 Å². The lowest BCUT2D eigenvalue weighted by molar-refractivity contribution is 0.444. The van der Waals surface area contributed by atoms with Gasteiger partial charge >= 0.3 is 0 Å². The average molecular weight is 269 g/mol. The van der Waals surface area contributed by atoms with Gasteiger partial charge in [-0.2, -0.15) is 0 Å². The van der Waals surface area contributed by atoms with E-state index in [2.05, 4.69) is 43.4 Å². The lowest BCUT2D eigenvalue weighted by Gasteiger charge is -2.26. The van der Waals surface area contributed by atoms with Crippen molar-refractivity contribution in [1.29, 1.82) is 0 Å². The first-order valence-corrected chi connectivity index (χ1v) is 7.04. The van der Waals surface area contributed by atoms with Crippen LogP contribution in [0.15, 0.2) is 48.5 Å². The molecule has 0 aliphatic carbocycles. The second-order valence-corrected chi connectivity index (χ2v) is 5.94. The third-order valence-electron chi connectivity index (χ3n) is 3.76. The van der Waals surface area contributed by atoms with Crippen molar-refractivity contribution in [2.45, 2.75) is 32.7 Å². The number of benzene rings is 2. The minimum Gasteiger partial charge on any atom is -0.507 e. The zero-order valence-electron chi connectivity index (χ0n) is 12.5. The average Bonchev–Trinajstić information content (AvgIpc) is 2.44. The third kappa shape index (κ3) is 3.40. The van der Waals surface area contributed by atoms with Crippen LogP contribution in [-0.2, 0) is 12.0 Å². The molecule has 2 rings (SSSR count). The maximum atomic E-state index is 10.0. The molecule has 2 aromatic carbocycles. The van der Waals surface area contributed by atoms with E-state index >= 15 is 0 Å². The highest BCUT2D eigenvalue weighted by molar-refractivity contribution is 5.39. The predicted octanol–water partition coefficient (Wildman–Crippen LogP) is 3.77. The number of phenolic OH excluding ortho intramolecular Hbond substituents is 1. The van der Waals surface area contributed by atoms with Crippen molar-refractivity contribution in [2.75, 3.05) is 6.54 Å². The fraction of sp³-hybridized carbons (Fsp3) is 0.333. The van der Waals surface area contributed by atoms with Crippen LogP contribution in [-0.4, -0.2) is 11.7 Å². The first-order valence-electron chi connectivity index (χ1n) is 7.04. The van der Waals surface area contributed by atoms with E-state index in [9.17, 15) is 5.11 Å². The molecule has 2 heteroatoms. The summed E-state index contributed by atoms with van der Waals surface area (Å²) in [4.78, 5) is 0. The van der Waals surface area contributed by atoms with Crippen molar-refractivity contribution >= 4 is 0 Å². The Labute approximate surface area is 121 Å².